The average molecular weight is 318 g/mol. The zero-order valence-corrected chi connectivity index (χ0v) is 13.1. The number of rotatable bonds is 4. The Balaban J connectivity index is 1.56. The molecule has 6 heteroatoms. The molecule has 0 bridgehead atoms. The van der Waals surface area contributed by atoms with Gasteiger partial charge < -0.3 is 4.74 Å². The Kier molecular flexibility index (Phi) is 4.91. The minimum absolute atomic E-state index is 0.0216. The van der Waals surface area contributed by atoms with Gasteiger partial charge in [-0.25, -0.2) is 4.79 Å². The van der Waals surface area contributed by atoms with Crippen LogP contribution in [0.15, 0.2) is 24.3 Å². The molecule has 2 heterocycles. The Hall–Kier alpha value is -1.95. The lowest BCUT2D eigenvalue weighted by atomic mass is 9.84. The van der Waals surface area contributed by atoms with Crippen LogP contribution in [-0.2, 0) is 4.74 Å². The number of hydrogen-bond donors (Lipinski definition) is 0. The number of nitrogens with zero attached hydrogens (tertiary/aromatic N) is 2. The number of carbonyl (C=O) groups excluding carboxylic acids is 1. The van der Waals surface area contributed by atoms with Crippen LogP contribution in [0, 0.1) is 16.0 Å². The Morgan fingerprint density at radius 3 is 2.65 bits per heavy atom. The Morgan fingerprint density at radius 2 is 1.91 bits per heavy atom. The second kappa shape index (κ2) is 7.08. The maximum Gasteiger partial charge on any atom is 0.338 e. The topological polar surface area (TPSA) is 72.7 Å². The second-order valence-corrected chi connectivity index (χ2v) is 6.40. The van der Waals surface area contributed by atoms with E-state index in [9.17, 15) is 14.9 Å². The van der Waals surface area contributed by atoms with Crippen molar-refractivity contribution in [3.05, 3.63) is 39.9 Å². The number of hydrogen-bond acceptors (Lipinski definition) is 5. The van der Waals surface area contributed by atoms with Crippen molar-refractivity contribution in [3.63, 3.8) is 0 Å². The Labute approximate surface area is 135 Å². The predicted octanol–water partition coefficient (Wildman–Crippen LogP) is 3.02. The molecule has 3 rings (SSSR count). The third kappa shape index (κ3) is 3.69. The van der Waals surface area contributed by atoms with Gasteiger partial charge >= 0.3 is 5.97 Å². The highest BCUT2D eigenvalue weighted by molar-refractivity contribution is 5.89. The first-order valence-corrected chi connectivity index (χ1v) is 8.31. The SMILES string of the molecule is O=C(OC[C@@H]1CCCN2CCCC[C@H]12)c1ccc([N+](=O)[O-])cc1. The zero-order chi connectivity index (χ0) is 16.2. The van der Waals surface area contributed by atoms with E-state index in [2.05, 4.69) is 4.90 Å². The van der Waals surface area contributed by atoms with Crippen molar-refractivity contribution in [1.29, 1.82) is 0 Å². The van der Waals surface area contributed by atoms with Gasteiger partial charge in [0.15, 0.2) is 0 Å². The predicted molar refractivity (Wildman–Crippen MR) is 85.3 cm³/mol. The third-order valence-corrected chi connectivity index (χ3v) is 4.97. The first-order chi connectivity index (χ1) is 11.1. The fourth-order valence-corrected chi connectivity index (χ4v) is 3.76. The summed E-state index contributed by atoms with van der Waals surface area (Å²) in [5.41, 5.74) is 0.346. The van der Waals surface area contributed by atoms with Crippen LogP contribution >= 0.6 is 0 Å². The minimum atomic E-state index is -0.477. The van der Waals surface area contributed by atoms with E-state index in [0.29, 0.717) is 24.1 Å². The average Bonchev–Trinajstić information content (AvgIpc) is 2.59. The highest BCUT2D eigenvalue weighted by Crippen LogP contribution is 2.31. The van der Waals surface area contributed by atoms with E-state index in [4.69, 9.17) is 4.74 Å². The fraction of sp³-hybridized carbons (Fsp3) is 0.588. The van der Waals surface area contributed by atoms with Crippen molar-refractivity contribution < 1.29 is 14.5 Å². The van der Waals surface area contributed by atoms with Crippen LogP contribution < -0.4 is 0 Å². The highest BCUT2D eigenvalue weighted by atomic mass is 16.6. The molecule has 0 unspecified atom stereocenters. The largest absolute Gasteiger partial charge is 0.462 e. The Morgan fingerprint density at radius 1 is 1.17 bits per heavy atom. The molecule has 0 N–H and O–H groups in total. The number of non-ortho nitro benzene ring substituents is 1. The molecule has 1 aromatic carbocycles. The van der Waals surface area contributed by atoms with Gasteiger partial charge in [-0.15, -0.1) is 0 Å². The molecule has 2 fully saturated rings. The van der Waals surface area contributed by atoms with Crippen molar-refractivity contribution in [2.45, 2.75) is 38.1 Å². The van der Waals surface area contributed by atoms with Crippen LogP contribution in [-0.4, -0.2) is 41.5 Å². The summed E-state index contributed by atoms with van der Waals surface area (Å²) in [6.45, 7) is 2.77. The molecule has 23 heavy (non-hydrogen) atoms. The van der Waals surface area contributed by atoms with E-state index in [-0.39, 0.29) is 5.69 Å². The summed E-state index contributed by atoms with van der Waals surface area (Å²) < 4.78 is 5.48. The van der Waals surface area contributed by atoms with Crippen LogP contribution in [0.25, 0.3) is 0 Å². The van der Waals surface area contributed by atoms with Crippen LogP contribution in [0.2, 0.25) is 0 Å². The maximum atomic E-state index is 12.1. The molecule has 2 aliphatic heterocycles. The van der Waals surface area contributed by atoms with Crippen molar-refractivity contribution in [3.8, 4) is 0 Å². The molecule has 0 radical (unpaired) electrons. The molecule has 0 saturated carbocycles. The molecule has 0 amide bonds. The molecule has 0 spiro atoms. The molecular weight excluding hydrogens is 296 g/mol. The highest BCUT2D eigenvalue weighted by Gasteiger charge is 2.33. The molecular formula is C17H22N2O4. The van der Waals surface area contributed by atoms with E-state index >= 15 is 0 Å². The Bertz CT molecular complexity index is 570. The van der Waals surface area contributed by atoms with Gasteiger partial charge in [0.1, 0.15) is 0 Å². The first kappa shape index (κ1) is 15.9. The normalized spacial score (nSPS) is 24.7. The van der Waals surface area contributed by atoms with E-state index < -0.39 is 10.9 Å². The third-order valence-electron chi connectivity index (χ3n) is 4.97. The number of piperidine rings is 2. The molecule has 2 aliphatic rings. The van der Waals surface area contributed by atoms with E-state index in [0.717, 1.165) is 25.9 Å². The zero-order valence-electron chi connectivity index (χ0n) is 13.1. The number of ether oxygens (including phenoxy) is 1. The van der Waals surface area contributed by atoms with Gasteiger partial charge in [-0.2, -0.15) is 0 Å². The summed E-state index contributed by atoms with van der Waals surface area (Å²) >= 11 is 0. The molecule has 2 saturated heterocycles. The molecule has 0 aliphatic carbocycles. The second-order valence-electron chi connectivity index (χ2n) is 6.40. The number of benzene rings is 1. The summed E-state index contributed by atoms with van der Waals surface area (Å²) in [5.74, 6) is 0.0129. The summed E-state index contributed by atoms with van der Waals surface area (Å²) in [5, 5.41) is 10.6. The minimum Gasteiger partial charge on any atom is -0.462 e. The van der Waals surface area contributed by atoms with Crippen molar-refractivity contribution in [2.24, 2.45) is 5.92 Å². The fourth-order valence-electron chi connectivity index (χ4n) is 3.76. The van der Waals surface area contributed by atoms with Crippen molar-refractivity contribution >= 4 is 11.7 Å². The van der Waals surface area contributed by atoms with Crippen LogP contribution in [0.4, 0.5) is 5.69 Å². The van der Waals surface area contributed by atoms with Gasteiger partial charge in [0, 0.05) is 24.1 Å². The lowest BCUT2D eigenvalue weighted by Gasteiger charge is -2.44. The van der Waals surface area contributed by atoms with Gasteiger partial charge in [0.25, 0.3) is 5.69 Å². The lowest BCUT2D eigenvalue weighted by Crippen LogP contribution is -2.49. The lowest BCUT2D eigenvalue weighted by molar-refractivity contribution is -0.384. The van der Waals surface area contributed by atoms with Gasteiger partial charge in [0.05, 0.1) is 17.1 Å². The van der Waals surface area contributed by atoms with Crippen molar-refractivity contribution in [1.82, 2.24) is 4.90 Å². The molecule has 2 atom stereocenters. The smallest absolute Gasteiger partial charge is 0.338 e. The molecule has 1 aromatic rings. The molecule has 0 aromatic heterocycles. The number of nitro groups is 1. The number of esters is 1. The van der Waals surface area contributed by atoms with Gasteiger partial charge in [0.2, 0.25) is 0 Å². The quantitative estimate of drug-likeness (QED) is 0.485. The van der Waals surface area contributed by atoms with Crippen molar-refractivity contribution in [2.75, 3.05) is 19.7 Å². The summed E-state index contributed by atoms with van der Waals surface area (Å²) in [7, 11) is 0. The number of fused-ring (bicyclic) bond motifs is 1. The molecule has 6 nitrogen and oxygen atoms in total. The monoisotopic (exact) mass is 318 g/mol. The maximum absolute atomic E-state index is 12.1. The van der Waals surface area contributed by atoms with E-state index in [1.54, 1.807) is 0 Å². The van der Waals surface area contributed by atoms with Crippen LogP contribution in [0.5, 0.6) is 0 Å². The first-order valence-electron chi connectivity index (χ1n) is 8.31. The number of nitro benzene ring substituents is 1. The summed E-state index contributed by atoms with van der Waals surface area (Å²) in [6.07, 6.45) is 5.99. The van der Waals surface area contributed by atoms with Gasteiger partial charge in [-0.05, 0) is 50.9 Å². The van der Waals surface area contributed by atoms with Crippen LogP contribution in [0.1, 0.15) is 42.5 Å². The summed E-state index contributed by atoms with van der Waals surface area (Å²) in [4.78, 5) is 24.8. The standard InChI is InChI=1S/C17H22N2O4/c20-17(13-6-8-15(9-7-13)19(21)22)23-12-14-4-3-11-18-10-2-1-5-16(14)18/h6-9,14,16H,1-5,10-12H2/t14-,16+/m0/s1. The van der Waals surface area contributed by atoms with Crippen LogP contribution in [0.3, 0.4) is 0 Å². The summed E-state index contributed by atoms with van der Waals surface area (Å²) in [6, 6.07) is 6.12. The van der Waals surface area contributed by atoms with E-state index in [1.165, 1.54) is 43.5 Å². The molecule has 124 valence electrons. The number of carbonyl (C=O) groups is 1. The van der Waals surface area contributed by atoms with E-state index in [1.807, 2.05) is 0 Å². The van der Waals surface area contributed by atoms with Gasteiger partial charge in [-0.3, -0.25) is 15.0 Å². The van der Waals surface area contributed by atoms with Gasteiger partial charge in [-0.1, -0.05) is 6.42 Å².